The summed E-state index contributed by atoms with van der Waals surface area (Å²) in [4.78, 5) is 6.43. The molecule has 1 aromatic heterocycles. The van der Waals surface area contributed by atoms with E-state index in [1.807, 2.05) is 14.0 Å². The second kappa shape index (κ2) is 4.87. The fraction of sp³-hybridized carbons (Fsp3) is 0.778. The second-order valence-electron chi connectivity index (χ2n) is 3.70. The van der Waals surface area contributed by atoms with Crippen molar-refractivity contribution >= 4 is 16.7 Å². The van der Waals surface area contributed by atoms with Crippen molar-refractivity contribution in [1.82, 2.24) is 14.7 Å². The highest BCUT2D eigenvalue weighted by atomic mass is 32.1. The molecule has 0 radical (unpaired) electrons. The number of nitrogens with zero attached hydrogens (tertiary/aromatic N) is 3. The van der Waals surface area contributed by atoms with Crippen LogP contribution in [0.25, 0.3) is 0 Å². The summed E-state index contributed by atoms with van der Waals surface area (Å²) in [5, 5.41) is 4.27. The molecule has 2 heterocycles. The lowest BCUT2D eigenvalue weighted by atomic mass is 10.3. The van der Waals surface area contributed by atoms with Gasteiger partial charge in [0.2, 0.25) is 5.13 Å². The summed E-state index contributed by atoms with van der Waals surface area (Å²) in [5.74, 6) is 0.838. The lowest BCUT2D eigenvalue weighted by molar-refractivity contribution is 0.0340. The van der Waals surface area contributed by atoms with Gasteiger partial charge in [-0.25, -0.2) is 4.98 Å². The number of aryl methyl sites for hydroxylation is 1. The third kappa shape index (κ3) is 2.87. The van der Waals surface area contributed by atoms with Crippen LogP contribution >= 0.6 is 11.5 Å². The third-order valence-corrected chi connectivity index (χ3v) is 3.25. The second-order valence-corrected chi connectivity index (χ2v) is 4.43. The van der Waals surface area contributed by atoms with E-state index < -0.39 is 0 Å². The average Bonchev–Trinajstić information content (AvgIpc) is 2.66. The van der Waals surface area contributed by atoms with Gasteiger partial charge >= 0.3 is 0 Å². The van der Waals surface area contributed by atoms with E-state index in [0.29, 0.717) is 0 Å². The number of rotatable bonds is 3. The van der Waals surface area contributed by atoms with Crippen LogP contribution in [0.2, 0.25) is 0 Å². The van der Waals surface area contributed by atoms with Gasteiger partial charge in [0.05, 0.1) is 12.7 Å². The number of ether oxygens (including phenoxy) is 1. The third-order valence-electron chi connectivity index (χ3n) is 2.33. The lowest BCUT2D eigenvalue weighted by Gasteiger charge is -2.27. The Bertz CT molecular complexity index is 311. The van der Waals surface area contributed by atoms with Gasteiger partial charge in [-0.05, 0) is 6.92 Å². The van der Waals surface area contributed by atoms with Crippen LogP contribution in [0.15, 0.2) is 0 Å². The van der Waals surface area contributed by atoms with Crippen molar-refractivity contribution in [3.8, 4) is 0 Å². The minimum Gasteiger partial charge on any atom is -0.374 e. The Morgan fingerprint density at radius 1 is 1.67 bits per heavy atom. The van der Waals surface area contributed by atoms with Crippen molar-refractivity contribution < 1.29 is 4.74 Å². The van der Waals surface area contributed by atoms with Crippen LogP contribution in [0.1, 0.15) is 5.82 Å². The zero-order valence-electron chi connectivity index (χ0n) is 9.06. The van der Waals surface area contributed by atoms with Crippen molar-refractivity contribution in [2.45, 2.75) is 13.0 Å². The highest BCUT2D eigenvalue weighted by Crippen LogP contribution is 2.15. The van der Waals surface area contributed by atoms with Crippen molar-refractivity contribution in [3.05, 3.63) is 5.82 Å². The Morgan fingerprint density at radius 2 is 2.53 bits per heavy atom. The van der Waals surface area contributed by atoms with Crippen molar-refractivity contribution in [1.29, 1.82) is 0 Å². The number of hydrogen-bond acceptors (Lipinski definition) is 6. The minimum atomic E-state index is 0.257. The summed E-state index contributed by atoms with van der Waals surface area (Å²) in [6.07, 6.45) is 0.257. The van der Waals surface area contributed by atoms with Gasteiger partial charge in [-0.1, -0.05) is 0 Å². The lowest BCUT2D eigenvalue weighted by Crippen LogP contribution is -2.44. The molecule has 5 nitrogen and oxygen atoms in total. The van der Waals surface area contributed by atoms with Crippen molar-refractivity contribution in [3.63, 3.8) is 0 Å². The molecule has 0 aliphatic carbocycles. The molecule has 0 amide bonds. The zero-order chi connectivity index (χ0) is 10.7. The van der Waals surface area contributed by atoms with Crippen LogP contribution in [-0.2, 0) is 4.74 Å². The van der Waals surface area contributed by atoms with Crippen molar-refractivity contribution in [2.75, 3.05) is 38.2 Å². The first-order chi connectivity index (χ1) is 7.25. The molecule has 1 aromatic rings. The van der Waals surface area contributed by atoms with Gasteiger partial charge in [0.1, 0.15) is 5.82 Å². The number of nitrogens with one attached hydrogen (secondary N) is 1. The summed E-state index contributed by atoms with van der Waals surface area (Å²) in [6.45, 7) is 5.45. The Labute approximate surface area is 93.6 Å². The monoisotopic (exact) mass is 228 g/mol. The molecule has 1 N–H and O–H groups in total. The largest absolute Gasteiger partial charge is 0.374 e. The number of morpholine rings is 1. The van der Waals surface area contributed by atoms with Gasteiger partial charge in [-0.3, -0.25) is 0 Å². The van der Waals surface area contributed by atoms with Gasteiger partial charge in [0.15, 0.2) is 0 Å². The average molecular weight is 228 g/mol. The van der Waals surface area contributed by atoms with E-state index in [1.165, 1.54) is 11.5 Å². The maximum Gasteiger partial charge on any atom is 0.205 e. The highest BCUT2D eigenvalue weighted by molar-refractivity contribution is 7.09. The summed E-state index contributed by atoms with van der Waals surface area (Å²) in [6, 6.07) is 0. The summed E-state index contributed by atoms with van der Waals surface area (Å²) in [5.41, 5.74) is 0. The number of anilines is 1. The first-order valence-electron chi connectivity index (χ1n) is 5.09. The summed E-state index contributed by atoms with van der Waals surface area (Å²) in [7, 11) is 2.03. The Morgan fingerprint density at radius 3 is 3.13 bits per heavy atom. The number of hydrogen-bond donors (Lipinski definition) is 1. The maximum atomic E-state index is 5.63. The molecule has 1 aliphatic rings. The van der Waals surface area contributed by atoms with E-state index in [-0.39, 0.29) is 6.10 Å². The Kier molecular flexibility index (Phi) is 3.50. The standard InChI is InChI=1S/C9H16N4OS/c1-7-11-9(15-12-7)13(2)6-8-5-10-3-4-14-8/h8,10H,3-6H2,1-2H3. The molecule has 2 rings (SSSR count). The highest BCUT2D eigenvalue weighted by Gasteiger charge is 2.17. The fourth-order valence-electron chi connectivity index (χ4n) is 1.56. The Hall–Kier alpha value is -0.720. The Balaban J connectivity index is 1.88. The van der Waals surface area contributed by atoms with E-state index in [9.17, 15) is 0 Å². The molecule has 1 aliphatic heterocycles. The summed E-state index contributed by atoms with van der Waals surface area (Å²) >= 11 is 1.44. The van der Waals surface area contributed by atoms with Gasteiger partial charge in [-0.15, -0.1) is 0 Å². The molecule has 0 saturated carbocycles. The van der Waals surface area contributed by atoms with Gasteiger partial charge in [-0.2, -0.15) is 4.37 Å². The molecule has 15 heavy (non-hydrogen) atoms. The molecule has 1 saturated heterocycles. The molecule has 0 bridgehead atoms. The first-order valence-corrected chi connectivity index (χ1v) is 5.87. The molecule has 1 unspecified atom stereocenters. The van der Waals surface area contributed by atoms with Gasteiger partial charge in [0.25, 0.3) is 0 Å². The van der Waals surface area contributed by atoms with Crippen LogP contribution in [0, 0.1) is 6.92 Å². The maximum absolute atomic E-state index is 5.63. The fourth-order valence-corrected chi connectivity index (χ4v) is 2.20. The molecular formula is C9H16N4OS. The smallest absolute Gasteiger partial charge is 0.205 e. The van der Waals surface area contributed by atoms with Crippen molar-refractivity contribution in [2.24, 2.45) is 0 Å². The molecular weight excluding hydrogens is 212 g/mol. The molecule has 84 valence electrons. The van der Waals surface area contributed by atoms with E-state index in [4.69, 9.17) is 4.74 Å². The predicted octanol–water partition coefficient (Wildman–Crippen LogP) is 0.271. The zero-order valence-corrected chi connectivity index (χ0v) is 9.88. The van der Waals surface area contributed by atoms with Crippen LogP contribution in [-0.4, -0.2) is 48.8 Å². The topological polar surface area (TPSA) is 50.3 Å². The molecule has 0 aromatic carbocycles. The SMILES string of the molecule is Cc1nsc(N(C)CC2CNCCO2)n1. The molecule has 1 fully saturated rings. The molecule has 6 heteroatoms. The van der Waals surface area contributed by atoms with Gasteiger partial charge < -0.3 is 15.0 Å². The van der Waals surface area contributed by atoms with Crippen LogP contribution in [0.5, 0.6) is 0 Å². The van der Waals surface area contributed by atoms with E-state index in [2.05, 4.69) is 19.6 Å². The predicted molar refractivity (Wildman–Crippen MR) is 60.5 cm³/mol. The van der Waals surface area contributed by atoms with E-state index in [0.717, 1.165) is 37.2 Å². The van der Waals surface area contributed by atoms with E-state index >= 15 is 0 Å². The molecule has 0 spiro atoms. The van der Waals surface area contributed by atoms with Crippen LogP contribution in [0.4, 0.5) is 5.13 Å². The number of aromatic nitrogens is 2. The minimum absolute atomic E-state index is 0.257. The molecule has 1 atom stereocenters. The number of likely N-dealkylation sites (N-methyl/N-ethyl adjacent to an activating group) is 1. The first kappa shape index (κ1) is 10.8. The van der Waals surface area contributed by atoms with Gasteiger partial charge in [0, 0.05) is 38.2 Å². The normalized spacial score (nSPS) is 21.6. The van der Waals surface area contributed by atoms with Crippen LogP contribution in [0.3, 0.4) is 0 Å². The van der Waals surface area contributed by atoms with E-state index in [1.54, 1.807) is 0 Å². The van der Waals surface area contributed by atoms with Crippen LogP contribution < -0.4 is 10.2 Å². The quantitative estimate of drug-likeness (QED) is 0.805. The summed E-state index contributed by atoms with van der Waals surface area (Å²) < 4.78 is 9.79.